The number of urea groups is 1. The van der Waals surface area contributed by atoms with Gasteiger partial charge < -0.3 is 20.3 Å². The summed E-state index contributed by atoms with van der Waals surface area (Å²) < 4.78 is 5.33. The Morgan fingerprint density at radius 3 is 2.62 bits per heavy atom. The first-order valence-electron chi connectivity index (χ1n) is 7.98. The summed E-state index contributed by atoms with van der Waals surface area (Å²) in [6.07, 6.45) is 5.08. The van der Waals surface area contributed by atoms with Crippen LogP contribution in [-0.2, 0) is 4.74 Å². The highest BCUT2D eigenvalue weighted by Gasteiger charge is 2.13. The lowest BCUT2D eigenvalue weighted by molar-refractivity contribution is 0.122. The Labute approximate surface area is 141 Å². The molecule has 1 unspecified atom stereocenters. The van der Waals surface area contributed by atoms with E-state index in [4.69, 9.17) is 4.74 Å². The van der Waals surface area contributed by atoms with Crippen LogP contribution in [0, 0.1) is 0 Å². The molecule has 126 valence electrons. The van der Waals surface area contributed by atoms with E-state index in [0.29, 0.717) is 5.69 Å². The average molecular weight is 327 g/mol. The zero-order valence-corrected chi connectivity index (χ0v) is 13.6. The second kappa shape index (κ2) is 7.74. The number of aromatic nitrogens is 2. The van der Waals surface area contributed by atoms with Crippen molar-refractivity contribution in [2.24, 2.45) is 0 Å². The maximum atomic E-state index is 12.1. The minimum Gasteiger partial charge on any atom is -0.378 e. The largest absolute Gasteiger partial charge is 0.378 e. The maximum Gasteiger partial charge on any atom is 0.319 e. The second-order valence-corrected chi connectivity index (χ2v) is 5.61. The van der Waals surface area contributed by atoms with E-state index in [1.54, 1.807) is 18.6 Å². The first-order chi connectivity index (χ1) is 11.7. The van der Waals surface area contributed by atoms with Gasteiger partial charge in [0.25, 0.3) is 0 Å². The molecular formula is C17H21N5O2. The van der Waals surface area contributed by atoms with E-state index in [0.717, 1.165) is 37.7 Å². The van der Waals surface area contributed by atoms with Crippen molar-refractivity contribution in [3.63, 3.8) is 0 Å². The molecule has 3 heterocycles. The fourth-order valence-corrected chi connectivity index (χ4v) is 2.54. The van der Waals surface area contributed by atoms with Crippen LogP contribution in [0.1, 0.15) is 18.5 Å². The van der Waals surface area contributed by atoms with Crippen LogP contribution in [0.25, 0.3) is 0 Å². The number of nitrogens with one attached hydrogen (secondary N) is 2. The van der Waals surface area contributed by atoms with Gasteiger partial charge in [0.05, 0.1) is 31.1 Å². The Morgan fingerprint density at radius 1 is 1.21 bits per heavy atom. The molecule has 1 aliphatic rings. The summed E-state index contributed by atoms with van der Waals surface area (Å²) in [4.78, 5) is 22.6. The van der Waals surface area contributed by atoms with Crippen molar-refractivity contribution in [3.8, 4) is 0 Å². The van der Waals surface area contributed by atoms with Gasteiger partial charge in [-0.15, -0.1) is 0 Å². The highest BCUT2D eigenvalue weighted by molar-refractivity contribution is 5.89. The van der Waals surface area contributed by atoms with Gasteiger partial charge in [-0.05, 0) is 36.8 Å². The van der Waals surface area contributed by atoms with E-state index >= 15 is 0 Å². The Balaban J connectivity index is 1.54. The summed E-state index contributed by atoms with van der Waals surface area (Å²) in [7, 11) is 0. The molecule has 0 radical (unpaired) electrons. The standard InChI is InChI=1S/C17H21N5O2/c1-13(14-4-6-18-7-5-14)20-17(23)21-15-2-3-16(19-12-15)22-8-10-24-11-9-22/h2-7,12-13H,8-11H2,1H3,(H2,20,21,23). The monoisotopic (exact) mass is 327 g/mol. The van der Waals surface area contributed by atoms with Crippen molar-refractivity contribution in [2.45, 2.75) is 13.0 Å². The molecule has 0 spiro atoms. The first kappa shape index (κ1) is 16.2. The average Bonchev–Trinajstić information content (AvgIpc) is 2.64. The number of hydrogen-bond donors (Lipinski definition) is 2. The van der Waals surface area contributed by atoms with E-state index in [1.807, 2.05) is 31.2 Å². The fraction of sp³-hybridized carbons (Fsp3) is 0.353. The Morgan fingerprint density at radius 2 is 1.96 bits per heavy atom. The van der Waals surface area contributed by atoms with Crippen LogP contribution < -0.4 is 15.5 Å². The summed E-state index contributed by atoms with van der Waals surface area (Å²) in [5.74, 6) is 0.898. The molecule has 3 rings (SSSR count). The molecule has 1 atom stereocenters. The van der Waals surface area contributed by atoms with Gasteiger partial charge in [0.2, 0.25) is 0 Å². The van der Waals surface area contributed by atoms with Crippen molar-refractivity contribution in [1.82, 2.24) is 15.3 Å². The summed E-state index contributed by atoms with van der Waals surface area (Å²) in [6.45, 7) is 5.04. The predicted octanol–water partition coefficient (Wildman–Crippen LogP) is 2.20. The highest BCUT2D eigenvalue weighted by Crippen LogP contribution is 2.16. The van der Waals surface area contributed by atoms with Gasteiger partial charge in [-0.25, -0.2) is 9.78 Å². The number of nitrogens with zero attached hydrogens (tertiary/aromatic N) is 3. The van der Waals surface area contributed by atoms with Crippen LogP contribution in [0.4, 0.5) is 16.3 Å². The lowest BCUT2D eigenvalue weighted by Crippen LogP contribution is -2.36. The van der Waals surface area contributed by atoms with Crippen molar-refractivity contribution in [2.75, 3.05) is 36.5 Å². The van der Waals surface area contributed by atoms with Gasteiger partial charge in [0.1, 0.15) is 5.82 Å². The molecular weight excluding hydrogens is 306 g/mol. The van der Waals surface area contributed by atoms with Gasteiger partial charge in [-0.2, -0.15) is 0 Å². The zero-order valence-electron chi connectivity index (χ0n) is 13.6. The number of ether oxygens (including phenoxy) is 1. The number of amides is 2. The number of hydrogen-bond acceptors (Lipinski definition) is 5. The molecule has 0 bridgehead atoms. The molecule has 7 nitrogen and oxygen atoms in total. The van der Waals surface area contributed by atoms with Gasteiger partial charge >= 0.3 is 6.03 Å². The van der Waals surface area contributed by atoms with E-state index < -0.39 is 0 Å². The van der Waals surface area contributed by atoms with E-state index in [1.165, 1.54) is 0 Å². The Hall–Kier alpha value is -2.67. The fourth-order valence-electron chi connectivity index (χ4n) is 2.54. The van der Waals surface area contributed by atoms with Crippen LogP contribution in [0.5, 0.6) is 0 Å². The van der Waals surface area contributed by atoms with Crippen molar-refractivity contribution < 1.29 is 9.53 Å². The molecule has 1 saturated heterocycles. The van der Waals surface area contributed by atoms with Crippen LogP contribution in [0.3, 0.4) is 0 Å². The van der Waals surface area contributed by atoms with Crippen molar-refractivity contribution >= 4 is 17.5 Å². The molecule has 1 aliphatic heterocycles. The second-order valence-electron chi connectivity index (χ2n) is 5.61. The quantitative estimate of drug-likeness (QED) is 0.900. The number of carbonyl (C=O) groups is 1. The number of rotatable bonds is 4. The van der Waals surface area contributed by atoms with Crippen LogP contribution in [0.15, 0.2) is 42.9 Å². The van der Waals surface area contributed by atoms with Crippen LogP contribution >= 0.6 is 0 Å². The molecule has 0 saturated carbocycles. The van der Waals surface area contributed by atoms with Gasteiger partial charge in [0, 0.05) is 25.5 Å². The zero-order chi connectivity index (χ0) is 16.8. The minimum absolute atomic E-state index is 0.103. The van der Waals surface area contributed by atoms with Gasteiger partial charge in [-0.1, -0.05) is 0 Å². The molecule has 1 fully saturated rings. The third-order valence-corrected chi connectivity index (χ3v) is 3.89. The number of carbonyl (C=O) groups excluding carboxylic acids is 1. The van der Waals surface area contributed by atoms with Crippen LogP contribution in [0.2, 0.25) is 0 Å². The third-order valence-electron chi connectivity index (χ3n) is 3.89. The van der Waals surface area contributed by atoms with Gasteiger partial charge in [0.15, 0.2) is 0 Å². The smallest absolute Gasteiger partial charge is 0.319 e. The van der Waals surface area contributed by atoms with E-state index in [2.05, 4.69) is 25.5 Å². The molecule has 2 aromatic rings. The molecule has 0 aromatic carbocycles. The van der Waals surface area contributed by atoms with Crippen molar-refractivity contribution in [3.05, 3.63) is 48.4 Å². The topological polar surface area (TPSA) is 79.4 Å². The molecule has 2 amide bonds. The van der Waals surface area contributed by atoms with Crippen molar-refractivity contribution in [1.29, 1.82) is 0 Å². The van der Waals surface area contributed by atoms with E-state index in [9.17, 15) is 4.79 Å². The summed E-state index contributed by atoms with van der Waals surface area (Å²) in [5.41, 5.74) is 1.66. The SMILES string of the molecule is CC(NC(=O)Nc1ccc(N2CCOCC2)nc1)c1ccncc1. The minimum atomic E-state index is -0.264. The summed E-state index contributed by atoms with van der Waals surface area (Å²) in [6, 6.07) is 7.16. The maximum absolute atomic E-state index is 12.1. The molecule has 24 heavy (non-hydrogen) atoms. The third kappa shape index (κ3) is 4.20. The van der Waals surface area contributed by atoms with Gasteiger partial charge in [-0.3, -0.25) is 4.98 Å². The normalized spacial score (nSPS) is 15.6. The van der Waals surface area contributed by atoms with E-state index in [-0.39, 0.29) is 12.1 Å². The number of morpholine rings is 1. The molecule has 2 N–H and O–H groups in total. The molecule has 0 aliphatic carbocycles. The Kier molecular flexibility index (Phi) is 5.22. The van der Waals surface area contributed by atoms with Crippen LogP contribution in [-0.4, -0.2) is 42.3 Å². The predicted molar refractivity (Wildman–Crippen MR) is 92.1 cm³/mol. The number of anilines is 2. The lowest BCUT2D eigenvalue weighted by atomic mass is 10.1. The highest BCUT2D eigenvalue weighted by atomic mass is 16.5. The first-order valence-corrected chi connectivity index (χ1v) is 7.98. The number of pyridine rings is 2. The summed E-state index contributed by atoms with van der Waals surface area (Å²) in [5, 5.41) is 5.69. The Bertz CT molecular complexity index is 656. The summed E-state index contributed by atoms with van der Waals surface area (Å²) >= 11 is 0. The molecule has 7 heteroatoms. The lowest BCUT2D eigenvalue weighted by Gasteiger charge is -2.27. The molecule has 2 aromatic heterocycles.